The monoisotopic (exact) mass is 374 g/mol. The van der Waals surface area contributed by atoms with Crippen molar-refractivity contribution in [2.45, 2.75) is 76.4 Å². The topological polar surface area (TPSA) is 70.4 Å². The van der Waals surface area contributed by atoms with Gasteiger partial charge in [0.1, 0.15) is 5.54 Å². The standard InChI is InChI=1S/C20H26N2O3S/c1-14(18(23)22(2)20(13-21)10-6-3-7-11-20)25-19(24)16-12-26-17-9-5-4-8-15(16)17/h12,14H,3-11H2,1-2H3/t14-/m0/s1. The van der Waals surface area contributed by atoms with Crippen molar-refractivity contribution in [3.05, 3.63) is 21.4 Å². The maximum Gasteiger partial charge on any atom is 0.340 e. The van der Waals surface area contributed by atoms with Gasteiger partial charge in [-0.05, 0) is 51.0 Å². The number of nitriles is 1. The van der Waals surface area contributed by atoms with Crippen LogP contribution in [0, 0.1) is 11.3 Å². The van der Waals surface area contributed by atoms with Gasteiger partial charge in [0.05, 0.1) is 11.6 Å². The van der Waals surface area contributed by atoms with Crippen LogP contribution < -0.4 is 0 Å². The molecule has 0 saturated heterocycles. The van der Waals surface area contributed by atoms with Crippen molar-refractivity contribution in [2.24, 2.45) is 0 Å². The van der Waals surface area contributed by atoms with Crippen molar-refractivity contribution in [2.75, 3.05) is 7.05 Å². The molecule has 140 valence electrons. The summed E-state index contributed by atoms with van der Waals surface area (Å²) in [5, 5.41) is 11.5. The molecule has 0 N–H and O–H groups in total. The molecule has 0 aliphatic heterocycles. The van der Waals surface area contributed by atoms with E-state index in [4.69, 9.17) is 4.74 Å². The maximum atomic E-state index is 12.8. The second-order valence-corrected chi connectivity index (χ2v) is 8.37. The van der Waals surface area contributed by atoms with Crippen LogP contribution in [-0.2, 0) is 22.4 Å². The van der Waals surface area contributed by atoms with Gasteiger partial charge in [-0.15, -0.1) is 11.3 Å². The predicted molar refractivity (Wildman–Crippen MR) is 100 cm³/mol. The fraction of sp³-hybridized carbons (Fsp3) is 0.650. The zero-order valence-electron chi connectivity index (χ0n) is 15.5. The average Bonchev–Trinajstić information content (AvgIpc) is 3.11. The van der Waals surface area contributed by atoms with E-state index in [-0.39, 0.29) is 5.91 Å². The zero-order chi connectivity index (χ0) is 18.7. The Morgan fingerprint density at radius 2 is 1.92 bits per heavy atom. The molecule has 2 aliphatic rings. The Hall–Kier alpha value is -1.87. The highest BCUT2D eigenvalue weighted by Crippen LogP contribution is 2.33. The smallest absolute Gasteiger partial charge is 0.340 e. The van der Waals surface area contributed by atoms with Crippen LogP contribution in [0.5, 0.6) is 0 Å². The molecule has 1 heterocycles. The van der Waals surface area contributed by atoms with Gasteiger partial charge in [0.25, 0.3) is 5.91 Å². The number of hydrogen-bond donors (Lipinski definition) is 0. The molecule has 0 spiro atoms. The number of hydrogen-bond acceptors (Lipinski definition) is 5. The summed E-state index contributed by atoms with van der Waals surface area (Å²) in [6.07, 6.45) is 7.65. The molecule has 1 aromatic heterocycles. The van der Waals surface area contributed by atoms with Crippen LogP contribution in [0.4, 0.5) is 0 Å². The van der Waals surface area contributed by atoms with Gasteiger partial charge >= 0.3 is 5.97 Å². The first kappa shape index (κ1) is 18.9. The van der Waals surface area contributed by atoms with E-state index < -0.39 is 17.6 Å². The van der Waals surface area contributed by atoms with Crippen LogP contribution in [0.2, 0.25) is 0 Å². The number of aryl methyl sites for hydroxylation is 1. The zero-order valence-corrected chi connectivity index (χ0v) is 16.4. The fourth-order valence-corrected chi connectivity index (χ4v) is 5.20. The average molecular weight is 375 g/mol. The van der Waals surface area contributed by atoms with Crippen molar-refractivity contribution >= 4 is 23.2 Å². The molecule has 0 aromatic carbocycles. The molecule has 6 heteroatoms. The largest absolute Gasteiger partial charge is 0.449 e. The van der Waals surface area contributed by atoms with E-state index in [0.717, 1.165) is 50.5 Å². The first-order valence-corrected chi connectivity index (χ1v) is 10.4. The van der Waals surface area contributed by atoms with Gasteiger partial charge in [-0.1, -0.05) is 19.3 Å². The second kappa shape index (κ2) is 7.79. The number of thiophene rings is 1. The molecule has 0 radical (unpaired) electrons. The number of esters is 1. The summed E-state index contributed by atoms with van der Waals surface area (Å²) in [5.74, 6) is -0.723. The summed E-state index contributed by atoms with van der Waals surface area (Å²) in [6, 6.07) is 2.34. The van der Waals surface area contributed by atoms with Crippen molar-refractivity contribution < 1.29 is 14.3 Å². The molecule has 26 heavy (non-hydrogen) atoms. The summed E-state index contributed by atoms with van der Waals surface area (Å²) >= 11 is 1.61. The molecular weight excluding hydrogens is 348 g/mol. The Balaban J connectivity index is 1.68. The number of likely N-dealkylation sites (N-methyl/N-ethyl adjacent to an activating group) is 1. The molecule has 1 atom stereocenters. The molecule has 3 rings (SSSR count). The van der Waals surface area contributed by atoms with Crippen LogP contribution in [0.1, 0.15) is 72.7 Å². The maximum absolute atomic E-state index is 12.8. The van der Waals surface area contributed by atoms with Gasteiger partial charge in [-0.3, -0.25) is 4.79 Å². The lowest BCUT2D eigenvalue weighted by molar-refractivity contribution is -0.143. The summed E-state index contributed by atoms with van der Waals surface area (Å²) in [6.45, 7) is 1.60. The molecule has 1 fully saturated rings. The molecule has 2 aliphatic carbocycles. The lowest BCUT2D eigenvalue weighted by Gasteiger charge is -2.39. The van der Waals surface area contributed by atoms with Crippen LogP contribution in [0.15, 0.2) is 5.38 Å². The highest BCUT2D eigenvalue weighted by molar-refractivity contribution is 7.10. The molecule has 5 nitrogen and oxygen atoms in total. The Labute approximate surface area is 158 Å². The Morgan fingerprint density at radius 1 is 1.23 bits per heavy atom. The lowest BCUT2D eigenvalue weighted by atomic mass is 9.81. The van der Waals surface area contributed by atoms with Gasteiger partial charge < -0.3 is 9.64 Å². The second-order valence-electron chi connectivity index (χ2n) is 7.41. The number of rotatable bonds is 4. The third kappa shape index (κ3) is 3.50. The number of nitrogens with zero attached hydrogens (tertiary/aromatic N) is 2. The predicted octanol–water partition coefficient (Wildman–Crippen LogP) is 3.86. The van der Waals surface area contributed by atoms with Gasteiger partial charge in [-0.2, -0.15) is 5.26 Å². The quantitative estimate of drug-likeness (QED) is 0.751. The highest BCUT2D eigenvalue weighted by atomic mass is 32.1. The summed E-state index contributed by atoms with van der Waals surface area (Å²) in [5.41, 5.74) is 0.942. The van der Waals surface area contributed by atoms with E-state index in [2.05, 4.69) is 6.07 Å². The number of carbonyl (C=O) groups excluding carboxylic acids is 2. The van der Waals surface area contributed by atoms with Crippen molar-refractivity contribution in [1.82, 2.24) is 4.90 Å². The van der Waals surface area contributed by atoms with Crippen molar-refractivity contribution in [3.63, 3.8) is 0 Å². The third-order valence-electron chi connectivity index (χ3n) is 5.77. The minimum absolute atomic E-state index is 0.300. The number of amides is 1. The molecular formula is C20H26N2O3S. The Bertz CT molecular complexity index is 728. The highest BCUT2D eigenvalue weighted by Gasteiger charge is 2.41. The van der Waals surface area contributed by atoms with E-state index >= 15 is 0 Å². The lowest BCUT2D eigenvalue weighted by Crippen LogP contribution is -2.53. The van der Waals surface area contributed by atoms with E-state index in [1.807, 2.05) is 5.38 Å². The number of fused-ring (bicyclic) bond motifs is 1. The molecule has 1 saturated carbocycles. The Kier molecular flexibility index (Phi) is 5.67. The van der Waals surface area contributed by atoms with E-state index in [0.29, 0.717) is 18.4 Å². The van der Waals surface area contributed by atoms with Gasteiger partial charge in [-0.25, -0.2) is 4.79 Å². The van der Waals surface area contributed by atoms with Crippen LogP contribution in [0.25, 0.3) is 0 Å². The number of carbonyl (C=O) groups is 2. The molecule has 1 amide bonds. The molecule has 1 aromatic rings. The van der Waals surface area contributed by atoms with Crippen molar-refractivity contribution in [3.8, 4) is 6.07 Å². The summed E-state index contributed by atoms with van der Waals surface area (Å²) in [7, 11) is 1.66. The van der Waals surface area contributed by atoms with E-state index in [1.54, 1.807) is 25.3 Å². The van der Waals surface area contributed by atoms with Crippen molar-refractivity contribution in [1.29, 1.82) is 5.26 Å². The van der Waals surface area contributed by atoms with Crippen LogP contribution in [-0.4, -0.2) is 35.5 Å². The minimum Gasteiger partial charge on any atom is -0.449 e. The first-order valence-electron chi connectivity index (χ1n) is 9.47. The fourth-order valence-electron chi connectivity index (χ4n) is 4.08. The molecule has 0 unspecified atom stereocenters. The van der Waals surface area contributed by atoms with Gasteiger partial charge in [0.15, 0.2) is 6.10 Å². The SMILES string of the molecule is C[C@H](OC(=O)c1csc2c1CCCC2)C(=O)N(C)C1(C#N)CCCCC1. The first-order chi connectivity index (χ1) is 12.5. The summed E-state index contributed by atoms with van der Waals surface area (Å²) < 4.78 is 5.49. The normalized spacial score (nSPS) is 19.7. The van der Waals surface area contributed by atoms with Gasteiger partial charge in [0, 0.05) is 17.3 Å². The molecule has 0 bridgehead atoms. The van der Waals surface area contributed by atoms with Crippen LogP contribution in [0.3, 0.4) is 0 Å². The van der Waals surface area contributed by atoms with E-state index in [9.17, 15) is 14.9 Å². The van der Waals surface area contributed by atoms with E-state index in [1.165, 1.54) is 9.78 Å². The third-order valence-corrected chi connectivity index (χ3v) is 6.86. The number of ether oxygens (including phenoxy) is 1. The minimum atomic E-state index is -0.890. The summed E-state index contributed by atoms with van der Waals surface area (Å²) in [4.78, 5) is 28.2. The van der Waals surface area contributed by atoms with Crippen LogP contribution >= 0.6 is 11.3 Å². The van der Waals surface area contributed by atoms with Gasteiger partial charge in [0.2, 0.25) is 0 Å². The Morgan fingerprint density at radius 3 is 2.62 bits per heavy atom.